The summed E-state index contributed by atoms with van der Waals surface area (Å²) < 4.78 is 5.73. The van der Waals surface area contributed by atoms with Crippen LogP contribution in [0, 0.1) is 0 Å². The summed E-state index contributed by atoms with van der Waals surface area (Å²) in [5, 5.41) is 3.54. The summed E-state index contributed by atoms with van der Waals surface area (Å²) in [5.74, 6) is 0. The second-order valence-electron chi connectivity index (χ2n) is 5.16. The quantitative estimate of drug-likeness (QED) is 0.751. The van der Waals surface area contributed by atoms with Gasteiger partial charge in [-0.2, -0.15) is 0 Å². The number of hydrogen-bond acceptors (Lipinski definition) is 3. The molecule has 0 amide bonds. The lowest BCUT2D eigenvalue weighted by atomic mass is 10.2. The zero-order chi connectivity index (χ0) is 12.0. The molecule has 0 spiro atoms. The van der Waals surface area contributed by atoms with Crippen molar-refractivity contribution in [1.29, 1.82) is 0 Å². The van der Waals surface area contributed by atoms with Gasteiger partial charge in [0.2, 0.25) is 0 Å². The Bertz CT molecular complexity index is 177. The number of hydrogen-bond donors (Lipinski definition) is 1. The molecule has 1 fully saturated rings. The average Bonchev–Trinajstić information content (AvgIpc) is 2.22. The highest BCUT2D eigenvalue weighted by Crippen LogP contribution is 2.11. The fourth-order valence-corrected chi connectivity index (χ4v) is 2.34. The molecule has 0 saturated carbocycles. The van der Waals surface area contributed by atoms with E-state index in [4.69, 9.17) is 4.74 Å². The smallest absolute Gasteiger partial charge is 0.0678 e. The summed E-state index contributed by atoms with van der Waals surface area (Å²) in [7, 11) is 0. The molecule has 1 aliphatic rings. The Hall–Kier alpha value is -0.120. The predicted molar refractivity (Wildman–Crippen MR) is 68.8 cm³/mol. The largest absolute Gasteiger partial charge is 0.373 e. The highest BCUT2D eigenvalue weighted by Gasteiger charge is 2.21. The van der Waals surface area contributed by atoms with Crippen LogP contribution in [-0.2, 0) is 4.74 Å². The van der Waals surface area contributed by atoms with Crippen molar-refractivity contribution >= 4 is 0 Å². The van der Waals surface area contributed by atoms with E-state index in [1.54, 1.807) is 0 Å². The molecule has 0 aliphatic carbocycles. The van der Waals surface area contributed by atoms with Gasteiger partial charge in [-0.1, -0.05) is 6.92 Å². The van der Waals surface area contributed by atoms with E-state index in [-0.39, 0.29) is 0 Å². The molecule has 96 valence electrons. The first-order valence-electron chi connectivity index (χ1n) is 6.73. The maximum Gasteiger partial charge on any atom is 0.0678 e. The van der Waals surface area contributed by atoms with E-state index in [2.05, 4.69) is 37.9 Å². The number of rotatable bonds is 6. The summed E-state index contributed by atoms with van der Waals surface area (Å²) in [6, 6.07) is 0.633. The maximum atomic E-state index is 5.73. The number of nitrogens with one attached hydrogen (secondary N) is 1. The first-order chi connectivity index (χ1) is 7.61. The summed E-state index contributed by atoms with van der Waals surface area (Å²) in [6.45, 7) is 13.3. The highest BCUT2D eigenvalue weighted by molar-refractivity contribution is 4.74. The molecule has 1 heterocycles. The minimum atomic E-state index is 0.391. The van der Waals surface area contributed by atoms with Crippen LogP contribution >= 0.6 is 0 Å². The van der Waals surface area contributed by atoms with Gasteiger partial charge in [0.1, 0.15) is 0 Å². The normalized spacial score (nSPS) is 29.2. The minimum absolute atomic E-state index is 0.391. The lowest BCUT2D eigenvalue weighted by molar-refractivity contribution is -0.0684. The van der Waals surface area contributed by atoms with E-state index in [1.165, 1.54) is 19.4 Å². The molecule has 0 bridgehead atoms. The van der Waals surface area contributed by atoms with Crippen molar-refractivity contribution in [2.24, 2.45) is 0 Å². The second-order valence-corrected chi connectivity index (χ2v) is 5.16. The summed E-state index contributed by atoms with van der Waals surface area (Å²) in [5.41, 5.74) is 0. The molecule has 16 heavy (non-hydrogen) atoms. The van der Waals surface area contributed by atoms with Crippen LogP contribution in [-0.4, -0.2) is 49.3 Å². The van der Waals surface area contributed by atoms with Crippen molar-refractivity contribution in [3.05, 3.63) is 0 Å². The zero-order valence-electron chi connectivity index (χ0n) is 11.3. The van der Waals surface area contributed by atoms with E-state index in [9.17, 15) is 0 Å². The van der Waals surface area contributed by atoms with Gasteiger partial charge in [-0.3, -0.25) is 4.90 Å². The Morgan fingerprint density at radius 1 is 1.31 bits per heavy atom. The molecule has 0 aromatic rings. The summed E-state index contributed by atoms with van der Waals surface area (Å²) in [6.07, 6.45) is 3.24. The van der Waals surface area contributed by atoms with Crippen LogP contribution in [0.3, 0.4) is 0 Å². The number of ether oxygens (including phenoxy) is 1. The molecule has 3 atom stereocenters. The lowest BCUT2D eigenvalue weighted by Gasteiger charge is -2.35. The first kappa shape index (κ1) is 13.9. The van der Waals surface area contributed by atoms with Crippen LogP contribution in [0.15, 0.2) is 0 Å². The maximum absolute atomic E-state index is 5.73. The van der Waals surface area contributed by atoms with E-state index in [0.717, 1.165) is 19.6 Å². The molecular weight excluding hydrogens is 200 g/mol. The van der Waals surface area contributed by atoms with Gasteiger partial charge in [-0.05, 0) is 46.7 Å². The Morgan fingerprint density at radius 2 is 1.94 bits per heavy atom. The molecule has 1 N–H and O–H groups in total. The van der Waals surface area contributed by atoms with Crippen LogP contribution < -0.4 is 5.32 Å². The van der Waals surface area contributed by atoms with E-state index in [1.807, 2.05) is 0 Å². The van der Waals surface area contributed by atoms with E-state index < -0.39 is 0 Å². The molecule has 0 aromatic carbocycles. The average molecular weight is 228 g/mol. The van der Waals surface area contributed by atoms with Crippen molar-refractivity contribution in [2.45, 2.75) is 58.8 Å². The lowest BCUT2D eigenvalue weighted by Crippen LogP contribution is -2.46. The Labute approximate surface area is 101 Å². The van der Waals surface area contributed by atoms with Crippen LogP contribution in [0.5, 0.6) is 0 Å². The first-order valence-corrected chi connectivity index (χ1v) is 6.73. The van der Waals surface area contributed by atoms with Crippen molar-refractivity contribution in [3.8, 4) is 0 Å². The highest BCUT2D eigenvalue weighted by atomic mass is 16.5. The molecule has 3 unspecified atom stereocenters. The van der Waals surface area contributed by atoms with Crippen LogP contribution in [0.4, 0.5) is 0 Å². The van der Waals surface area contributed by atoms with Gasteiger partial charge in [-0.15, -0.1) is 0 Å². The summed E-state index contributed by atoms with van der Waals surface area (Å²) in [4.78, 5) is 2.53. The van der Waals surface area contributed by atoms with Gasteiger partial charge in [0, 0.05) is 19.1 Å². The summed E-state index contributed by atoms with van der Waals surface area (Å²) >= 11 is 0. The predicted octanol–water partition coefficient (Wildman–Crippen LogP) is 1.87. The topological polar surface area (TPSA) is 24.5 Å². The van der Waals surface area contributed by atoms with Gasteiger partial charge in [0.05, 0.1) is 12.2 Å². The van der Waals surface area contributed by atoms with Crippen molar-refractivity contribution in [2.75, 3.05) is 26.2 Å². The van der Waals surface area contributed by atoms with Gasteiger partial charge < -0.3 is 10.1 Å². The number of nitrogens with zero attached hydrogens (tertiary/aromatic N) is 1. The third kappa shape index (κ3) is 5.28. The van der Waals surface area contributed by atoms with Crippen LogP contribution in [0.2, 0.25) is 0 Å². The molecule has 1 rings (SSSR count). The van der Waals surface area contributed by atoms with Gasteiger partial charge >= 0.3 is 0 Å². The van der Waals surface area contributed by atoms with Gasteiger partial charge in [-0.25, -0.2) is 0 Å². The molecule has 1 aliphatic heterocycles. The molecule has 1 saturated heterocycles. The van der Waals surface area contributed by atoms with Gasteiger partial charge in [0.15, 0.2) is 0 Å². The number of morpholine rings is 1. The second kappa shape index (κ2) is 7.25. The molecule has 3 heteroatoms. The Balaban J connectivity index is 2.16. The van der Waals surface area contributed by atoms with Crippen molar-refractivity contribution in [3.63, 3.8) is 0 Å². The molecule has 0 aromatic heterocycles. The third-order valence-corrected chi connectivity index (χ3v) is 3.12. The molecule has 3 nitrogen and oxygen atoms in total. The van der Waals surface area contributed by atoms with Gasteiger partial charge in [0.25, 0.3) is 0 Å². The third-order valence-electron chi connectivity index (χ3n) is 3.12. The minimum Gasteiger partial charge on any atom is -0.373 e. The molecule has 0 radical (unpaired) electrons. The monoisotopic (exact) mass is 228 g/mol. The zero-order valence-corrected chi connectivity index (χ0v) is 11.3. The molecular formula is C13H28N2O. The Morgan fingerprint density at radius 3 is 2.50 bits per heavy atom. The fraction of sp³-hybridized carbons (Fsp3) is 1.00. The van der Waals surface area contributed by atoms with E-state index >= 15 is 0 Å². The van der Waals surface area contributed by atoms with Crippen LogP contribution in [0.1, 0.15) is 40.5 Å². The van der Waals surface area contributed by atoms with Crippen LogP contribution in [0.25, 0.3) is 0 Å². The van der Waals surface area contributed by atoms with E-state index in [0.29, 0.717) is 18.2 Å². The fourth-order valence-electron chi connectivity index (χ4n) is 2.34. The van der Waals surface area contributed by atoms with Crippen molar-refractivity contribution in [1.82, 2.24) is 10.2 Å². The standard InChI is InChI=1S/C13H28N2O/c1-5-7-14-11(2)6-8-15-9-12(3)16-13(4)10-15/h11-14H,5-10H2,1-4H3. The van der Waals surface area contributed by atoms with Crippen molar-refractivity contribution < 1.29 is 4.74 Å². The SMILES string of the molecule is CCCNC(C)CCN1CC(C)OC(C)C1. The Kier molecular flexibility index (Phi) is 6.32.